The van der Waals surface area contributed by atoms with E-state index in [0.717, 1.165) is 5.56 Å². The molecule has 1 atom stereocenters. The molecular weight excluding hydrogens is 245 g/mol. The van der Waals surface area contributed by atoms with Crippen molar-refractivity contribution in [2.75, 3.05) is 0 Å². The van der Waals surface area contributed by atoms with Crippen LogP contribution in [0.2, 0.25) is 0 Å². The summed E-state index contributed by atoms with van der Waals surface area (Å²) in [5, 5.41) is 3.90. The highest BCUT2D eigenvalue weighted by Crippen LogP contribution is 2.30. The first-order valence-electron chi connectivity index (χ1n) is 6.15. The fourth-order valence-electron chi connectivity index (χ4n) is 1.63. The fraction of sp³-hybridized carbons (Fsp3) is 0.429. The summed E-state index contributed by atoms with van der Waals surface area (Å²) >= 11 is 0. The maximum atomic E-state index is 13.2. The van der Waals surface area contributed by atoms with Crippen LogP contribution in [0.15, 0.2) is 22.7 Å². The summed E-state index contributed by atoms with van der Waals surface area (Å²) in [5.41, 5.74) is 7.16. The molecular formula is C14H18FN3O. The Hall–Kier alpha value is -1.75. The summed E-state index contributed by atoms with van der Waals surface area (Å²) in [6, 6.07) is 4.37. The third kappa shape index (κ3) is 2.81. The Morgan fingerprint density at radius 1 is 1.32 bits per heavy atom. The van der Waals surface area contributed by atoms with Crippen LogP contribution in [0, 0.1) is 18.2 Å². The van der Waals surface area contributed by atoms with Crippen molar-refractivity contribution < 1.29 is 8.91 Å². The number of hydrogen-bond acceptors (Lipinski definition) is 4. The van der Waals surface area contributed by atoms with Gasteiger partial charge in [0.1, 0.15) is 5.82 Å². The second kappa shape index (κ2) is 4.74. The number of nitrogens with two attached hydrogens (primary N) is 1. The van der Waals surface area contributed by atoms with Crippen molar-refractivity contribution in [1.29, 1.82) is 0 Å². The zero-order chi connectivity index (χ0) is 14.2. The Labute approximate surface area is 111 Å². The molecule has 0 saturated carbocycles. The molecule has 0 unspecified atom stereocenters. The van der Waals surface area contributed by atoms with Gasteiger partial charge >= 0.3 is 0 Å². The largest absolute Gasteiger partial charge is 0.337 e. The van der Waals surface area contributed by atoms with Crippen LogP contribution in [0.25, 0.3) is 11.4 Å². The van der Waals surface area contributed by atoms with Gasteiger partial charge in [-0.2, -0.15) is 4.98 Å². The molecule has 0 aliphatic carbocycles. The molecule has 0 aliphatic rings. The summed E-state index contributed by atoms with van der Waals surface area (Å²) in [4.78, 5) is 4.29. The SMILES string of the molecule is Cc1cc(-c2noc([C@@H](N)C(C)(C)C)n2)ccc1F. The molecule has 0 aliphatic heterocycles. The summed E-state index contributed by atoms with van der Waals surface area (Å²) in [6.07, 6.45) is 0. The number of aryl methyl sites for hydroxylation is 1. The lowest BCUT2D eigenvalue weighted by Gasteiger charge is -2.23. The lowest BCUT2D eigenvalue weighted by Crippen LogP contribution is -2.26. The molecule has 5 heteroatoms. The molecule has 0 spiro atoms. The minimum Gasteiger partial charge on any atom is -0.337 e. The van der Waals surface area contributed by atoms with E-state index in [0.29, 0.717) is 17.3 Å². The predicted molar refractivity (Wildman–Crippen MR) is 70.8 cm³/mol. The van der Waals surface area contributed by atoms with E-state index in [-0.39, 0.29) is 17.3 Å². The van der Waals surface area contributed by atoms with Crippen LogP contribution in [-0.2, 0) is 0 Å². The summed E-state index contributed by atoms with van der Waals surface area (Å²) in [6.45, 7) is 7.71. The van der Waals surface area contributed by atoms with Crippen LogP contribution >= 0.6 is 0 Å². The number of halogens is 1. The van der Waals surface area contributed by atoms with Gasteiger partial charge < -0.3 is 10.3 Å². The van der Waals surface area contributed by atoms with Gasteiger partial charge in [-0.1, -0.05) is 25.9 Å². The van der Waals surface area contributed by atoms with Gasteiger partial charge in [-0.25, -0.2) is 4.39 Å². The first-order chi connectivity index (χ1) is 8.79. The minimum absolute atomic E-state index is 0.164. The third-order valence-electron chi connectivity index (χ3n) is 3.06. The average molecular weight is 263 g/mol. The molecule has 1 heterocycles. The van der Waals surface area contributed by atoms with Crippen LogP contribution < -0.4 is 5.73 Å². The second-order valence-electron chi connectivity index (χ2n) is 5.76. The zero-order valence-electron chi connectivity index (χ0n) is 11.6. The Morgan fingerprint density at radius 3 is 2.58 bits per heavy atom. The van der Waals surface area contributed by atoms with E-state index in [4.69, 9.17) is 10.3 Å². The first kappa shape index (κ1) is 13.7. The standard InChI is InChI=1S/C14H18FN3O/c1-8-7-9(5-6-10(8)15)12-17-13(19-18-12)11(16)14(2,3)4/h5-7,11H,16H2,1-4H3/t11-/m1/s1. The number of hydrogen-bond donors (Lipinski definition) is 1. The smallest absolute Gasteiger partial charge is 0.244 e. The van der Waals surface area contributed by atoms with E-state index in [1.165, 1.54) is 6.07 Å². The molecule has 4 nitrogen and oxygen atoms in total. The molecule has 1 aromatic carbocycles. The van der Waals surface area contributed by atoms with E-state index in [1.54, 1.807) is 19.1 Å². The van der Waals surface area contributed by atoms with Crippen molar-refractivity contribution in [2.45, 2.75) is 33.7 Å². The van der Waals surface area contributed by atoms with E-state index < -0.39 is 0 Å². The van der Waals surface area contributed by atoms with Gasteiger partial charge in [0.2, 0.25) is 11.7 Å². The van der Waals surface area contributed by atoms with Crippen LogP contribution in [-0.4, -0.2) is 10.1 Å². The van der Waals surface area contributed by atoms with Crippen LogP contribution in [0.3, 0.4) is 0 Å². The molecule has 1 aromatic heterocycles. The van der Waals surface area contributed by atoms with Gasteiger partial charge in [0.05, 0.1) is 6.04 Å². The quantitative estimate of drug-likeness (QED) is 0.903. The van der Waals surface area contributed by atoms with Crippen molar-refractivity contribution in [3.8, 4) is 11.4 Å². The van der Waals surface area contributed by atoms with Gasteiger partial charge in [-0.05, 0) is 36.1 Å². The Bertz CT molecular complexity index is 587. The van der Waals surface area contributed by atoms with Gasteiger partial charge in [0.25, 0.3) is 0 Å². The van der Waals surface area contributed by atoms with Crippen LogP contribution in [0.4, 0.5) is 4.39 Å². The molecule has 0 amide bonds. The van der Waals surface area contributed by atoms with E-state index in [2.05, 4.69) is 10.1 Å². The van der Waals surface area contributed by atoms with Crippen molar-refractivity contribution >= 4 is 0 Å². The lowest BCUT2D eigenvalue weighted by atomic mass is 9.87. The molecule has 102 valence electrons. The van der Waals surface area contributed by atoms with Gasteiger partial charge in [0, 0.05) is 5.56 Å². The monoisotopic (exact) mass is 263 g/mol. The molecule has 0 fully saturated rings. The number of rotatable bonds is 2. The van der Waals surface area contributed by atoms with Gasteiger partial charge in [0.15, 0.2) is 0 Å². The average Bonchev–Trinajstić information content (AvgIpc) is 2.79. The van der Waals surface area contributed by atoms with E-state index in [9.17, 15) is 4.39 Å². The summed E-state index contributed by atoms with van der Waals surface area (Å²) in [5.74, 6) is 0.570. The second-order valence-corrected chi connectivity index (χ2v) is 5.76. The molecule has 0 bridgehead atoms. The van der Waals surface area contributed by atoms with Crippen LogP contribution in [0.1, 0.15) is 38.3 Å². The highest BCUT2D eigenvalue weighted by molar-refractivity contribution is 5.55. The molecule has 2 aromatic rings. The highest BCUT2D eigenvalue weighted by Gasteiger charge is 2.27. The fourth-order valence-corrected chi connectivity index (χ4v) is 1.63. The number of nitrogens with zero attached hydrogens (tertiary/aromatic N) is 2. The minimum atomic E-state index is -0.338. The summed E-state index contributed by atoms with van der Waals surface area (Å²) < 4.78 is 18.4. The van der Waals surface area contributed by atoms with Crippen molar-refractivity contribution in [3.63, 3.8) is 0 Å². The first-order valence-corrected chi connectivity index (χ1v) is 6.15. The Morgan fingerprint density at radius 2 is 2.00 bits per heavy atom. The van der Waals surface area contributed by atoms with Gasteiger partial charge in [-0.15, -0.1) is 0 Å². The summed E-state index contributed by atoms with van der Waals surface area (Å²) in [7, 11) is 0. The number of aromatic nitrogens is 2. The number of benzene rings is 1. The Kier molecular flexibility index (Phi) is 3.41. The molecule has 2 rings (SSSR count). The topological polar surface area (TPSA) is 64.9 Å². The zero-order valence-corrected chi connectivity index (χ0v) is 11.6. The molecule has 19 heavy (non-hydrogen) atoms. The molecule has 0 radical (unpaired) electrons. The highest BCUT2D eigenvalue weighted by atomic mass is 19.1. The Balaban J connectivity index is 2.33. The van der Waals surface area contributed by atoms with Gasteiger partial charge in [-0.3, -0.25) is 0 Å². The van der Waals surface area contributed by atoms with Crippen molar-refractivity contribution in [1.82, 2.24) is 10.1 Å². The molecule has 0 saturated heterocycles. The molecule has 2 N–H and O–H groups in total. The normalized spacial score (nSPS) is 13.6. The van der Waals surface area contributed by atoms with Crippen molar-refractivity contribution in [3.05, 3.63) is 35.5 Å². The predicted octanol–water partition coefficient (Wildman–Crippen LogP) is 3.23. The van der Waals surface area contributed by atoms with Crippen LogP contribution in [0.5, 0.6) is 0 Å². The maximum absolute atomic E-state index is 13.2. The maximum Gasteiger partial charge on any atom is 0.244 e. The van der Waals surface area contributed by atoms with E-state index >= 15 is 0 Å². The van der Waals surface area contributed by atoms with Crippen molar-refractivity contribution in [2.24, 2.45) is 11.1 Å². The van der Waals surface area contributed by atoms with E-state index in [1.807, 2.05) is 20.8 Å². The third-order valence-corrected chi connectivity index (χ3v) is 3.06. The lowest BCUT2D eigenvalue weighted by molar-refractivity contribution is 0.253.